The average molecular weight is 491 g/mol. The molecule has 0 saturated carbocycles. The predicted molar refractivity (Wildman–Crippen MR) is 127 cm³/mol. The number of nitrogens with zero attached hydrogens (tertiary/aromatic N) is 4. The molecule has 2 N–H and O–H groups in total. The van der Waals surface area contributed by atoms with Crippen LogP contribution >= 0.6 is 23.1 Å². The van der Waals surface area contributed by atoms with Crippen molar-refractivity contribution in [2.45, 2.75) is 24.2 Å². The summed E-state index contributed by atoms with van der Waals surface area (Å²) in [5.41, 5.74) is 1.47. The van der Waals surface area contributed by atoms with Gasteiger partial charge in [0.15, 0.2) is 4.34 Å². The molecule has 0 aliphatic carbocycles. The highest BCUT2D eigenvalue weighted by Gasteiger charge is 2.16. The van der Waals surface area contributed by atoms with Gasteiger partial charge in [0.05, 0.1) is 10.2 Å². The van der Waals surface area contributed by atoms with Gasteiger partial charge >= 0.3 is 11.9 Å². The largest absolute Gasteiger partial charge is 0.445 e. The minimum absolute atomic E-state index is 0.151. The SMILES string of the molecule is C=CCOC(=O)NCCSc1nc2ccc(NC(=O)CCn3cc([N+](=O)[O-])nc3C)cc2s1. The van der Waals surface area contributed by atoms with Crippen LogP contribution in [0.4, 0.5) is 16.3 Å². The van der Waals surface area contributed by atoms with Crippen LogP contribution in [0.2, 0.25) is 0 Å². The molecular weight excluding hydrogens is 468 g/mol. The number of carbonyl (C=O) groups excluding carboxylic acids is 2. The fourth-order valence-electron chi connectivity index (χ4n) is 2.77. The van der Waals surface area contributed by atoms with Gasteiger partial charge in [0.1, 0.15) is 12.8 Å². The lowest BCUT2D eigenvalue weighted by molar-refractivity contribution is -0.389. The van der Waals surface area contributed by atoms with Crippen LogP contribution in [0.5, 0.6) is 0 Å². The maximum absolute atomic E-state index is 12.3. The van der Waals surface area contributed by atoms with Crippen molar-refractivity contribution in [1.29, 1.82) is 0 Å². The first kappa shape index (κ1) is 24.2. The molecule has 33 heavy (non-hydrogen) atoms. The molecule has 0 radical (unpaired) electrons. The first-order valence-electron chi connectivity index (χ1n) is 9.88. The number of nitro groups is 1. The molecule has 3 rings (SSSR count). The summed E-state index contributed by atoms with van der Waals surface area (Å²) >= 11 is 3.01. The maximum atomic E-state index is 12.3. The lowest BCUT2D eigenvalue weighted by Gasteiger charge is -2.06. The van der Waals surface area contributed by atoms with Crippen LogP contribution < -0.4 is 10.6 Å². The second kappa shape index (κ2) is 11.4. The summed E-state index contributed by atoms with van der Waals surface area (Å²) in [5.74, 6) is 0.673. The molecule has 0 fully saturated rings. The van der Waals surface area contributed by atoms with E-state index >= 15 is 0 Å². The van der Waals surface area contributed by atoms with Crippen molar-refractivity contribution in [3.63, 3.8) is 0 Å². The summed E-state index contributed by atoms with van der Waals surface area (Å²) in [5, 5.41) is 16.3. The lowest BCUT2D eigenvalue weighted by Crippen LogP contribution is -2.26. The molecule has 1 aromatic carbocycles. The summed E-state index contributed by atoms with van der Waals surface area (Å²) in [6, 6.07) is 5.46. The number of rotatable bonds is 11. The Morgan fingerprint density at radius 3 is 2.94 bits per heavy atom. The number of anilines is 1. The quantitative estimate of drug-likeness (QED) is 0.136. The highest BCUT2D eigenvalue weighted by molar-refractivity contribution is 8.01. The number of alkyl carbamates (subject to hydrolysis) is 1. The van der Waals surface area contributed by atoms with E-state index in [2.05, 4.69) is 27.2 Å². The Bertz CT molecular complexity index is 1180. The highest BCUT2D eigenvalue weighted by Crippen LogP contribution is 2.31. The van der Waals surface area contributed by atoms with Gasteiger partial charge in [-0.05, 0) is 28.1 Å². The third-order valence-electron chi connectivity index (χ3n) is 4.31. The zero-order chi connectivity index (χ0) is 23.8. The van der Waals surface area contributed by atoms with E-state index < -0.39 is 11.0 Å². The minimum Gasteiger partial charge on any atom is -0.445 e. The second-order valence-corrected chi connectivity index (χ2v) is 9.09. The Labute approximate surface area is 197 Å². The van der Waals surface area contributed by atoms with E-state index in [1.807, 2.05) is 12.1 Å². The van der Waals surface area contributed by atoms with Crippen LogP contribution in [0.15, 0.2) is 41.4 Å². The Kier molecular flexibility index (Phi) is 8.38. The van der Waals surface area contributed by atoms with Crippen LogP contribution in [0.3, 0.4) is 0 Å². The first-order valence-corrected chi connectivity index (χ1v) is 11.7. The van der Waals surface area contributed by atoms with E-state index in [1.54, 1.807) is 17.6 Å². The zero-order valence-electron chi connectivity index (χ0n) is 17.8. The van der Waals surface area contributed by atoms with Crippen LogP contribution in [-0.2, 0) is 16.1 Å². The number of imidazole rings is 1. The third kappa shape index (κ3) is 7.02. The van der Waals surface area contributed by atoms with Gasteiger partial charge in [-0.2, -0.15) is 0 Å². The summed E-state index contributed by atoms with van der Waals surface area (Å²) in [6.45, 7) is 6.03. The topological polar surface area (TPSA) is 141 Å². The molecule has 0 unspecified atom stereocenters. The molecule has 13 heteroatoms. The molecule has 0 bridgehead atoms. The molecule has 2 aromatic heterocycles. The number of hydrogen-bond donors (Lipinski definition) is 2. The third-order valence-corrected chi connectivity index (χ3v) is 6.47. The number of amides is 2. The van der Waals surface area contributed by atoms with Gasteiger partial charge in [0, 0.05) is 37.9 Å². The van der Waals surface area contributed by atoms with E-state index in [0.29, 0.717) is 23.8 Å². The molecule has 0 aliphatic heterocycles. The van der Waals surface area contributed by atoms with Crippen molar-refractivity contribution in [3.05, 3.63) is 53.0 Å². The summed E-state index contributed by atoms with van der Waals surface area (Å²) in [6.07, 6.45) is 2.49. The number of thioether (sulfide) groups is 1. The number of fused-ring (bicyclic) bond motifs is 1. The standard InChI is InChI=1S/C20H22N6O5S2/c1-3-9-31-19(28)21-7-10-32-20-24-15-5-4-14(11-16(15)33-20)23-18(27)6-8-25-12-17(26(29)30)22-13(25)2/h3-5,11-12H,1,6-10H2,2H3,(H,21,28)(H,23,27). The van der Waals surface area contributed by atoms with Crippen molar-refractivity contribution in [3.8, 4) is 0 Å². The fraction of sp³-hybridized carbons (Fsp3) is 0.300. The number of aryl methyl sites for hydroxylation is 2. The smallest absolute Gasteiger partial charge is 0.407 e. The van der Waals surface area contributed by atoms with E-state index in [0.717, 1.165) is 14.6 Å². The molecule has 0 aliphatic rings. The first-order chi connectivity index (χ1) is 15.9. The van der Waals surface area contributed by atoms with Gasteiger partial charge in [-0.1, -0.05) is 24.4 Å². The number of carbonyl (C=O) groups is 2. The Hall–Kier alpha value is -3.45. The Morgan fingerprint density at radius 2 is 2.21 bits per heavy atom. The van der Waals surface area contributed by atoms with Crippen LogP contribution in [0.25, 0.3) is 10.2 Å². The molecule has 2 amide bonds. The molecule has 2 heterocycles. The van der Waals surface area contributed by atoms with E-state index in [-0.39, 0.29) is 31.3 Å². The van der Waals surface area contributed by atoms with Crippen molar-refractivity contribution >= 4 is 56.8 Å². The van der Waals surface area contributed by atoms with Gasteiger partial charge in [-0.15, -0.1) is 11.3 Å². The molecule has 174 valence electrons. The number of aromatic nitrogens is 3. The molecule has 0 saturated heterocycles. The van der Waals surface area contributed by atoms with Crippen LogP contribution in [0, 0.1) is 17.0 Å². The molecular formula is C20H22N6O5S2. The summed E-state index contributed by atoms with van der Waals surface area (Å²) in [7, 11) is 0. The highest BCUT2D eigenvalue weighted by atomic mass is 32.2. The fourth-order valence-corrected chi connectivity index (χ4v) is 4.80. The van der Waals surface area contributed by atoms with Crippen molar-refractivity contribution in [2.75, 3.05) is 24.2 Å². The average Bonchev–Trinajstić information content (AvgIpc) is 3.36. The predicted octanol–water partition coefficient (Wildman–Crippen LogP) is 3.74. The second-order valence-electron chi connectivity index (χ2n) is 6.72. The van der Waals surface area contributed by atoms with E-state index in [9.17, 15) is 19.7 Å². The van der Waals surface area contributed by atoms with Crippen molar-refractivity contribution in [1.82, 2.24) is 19.9 Å². The number of benzene rings is 1. The van der Waals surface area contributed by atoms with Gasteiger partial charge in [0.2, 0.25) is 11.7 Å². The summed E-state index contributed by atoms with van der Waals surface area (Å²) < 4.78 is 8.20. The van der Waals surface area contributed by atoms with Crippen LogP contribution in [0.1, 0.15) is 12.2 Å². The van der Waals surface area contributed by atoms with Crippen molar-refractivity contribution < 1.29 is 19.2 Å². The number of hydrogen-bond acceptors (Lipinski definition) is 9. The Morgan fingerprint density at radius 1 is 1.39 bits per heavy atom. The van der Waals surface area contributed by atoms with Crippen LogP contribution in [-0.4, -0.2) is 50.4 Å². The van der Waals surface area contributed by atoms with Gasteiger partial charge in [-0.3, -0.25) is 4.79 Å². The Balaban J connectivity index is 1.49. The molecule has 11 nitrogen and oxygen atoms in total. The van der Waals surface area contributed by atoms with E-state index in [4.69, 9.17) is 4.74 Å². The number of ether oxygens (including phenoxy) is 1. The number of thiazole rings is 1. The lowest BCUT2D eigenvalue weighted by atomic mass is 10.3. The van der Waals surface area contributed by atoms with Gasteiger partial charge in [0.25, 0.3) is 0 Å². The zero-order valence-corrected chi connectivity index (χ0v) is 19.4. The minimum atomic E-state index is -0.560. The molecule has 3 aromatic rings. The van der Waals surface area contributed by atoms with Gasteiger partial charge in [-0.25, -0.2) is 9.78 Å². The number of nitrogens with one attached hydrogen (secondary N) is 2. The normalized spacial score (nSPS) is 10.7. The van der Waals surface area contributed by atoms with Crippen molar-refractivity contribution in [2.24, 2.45) is 0 Å². The van der Waals surface area contributed by atoms with Gasteiger partial charge < -0.3 is 30.1 Å². The summed E-state index contributed by atoms with van der Waals surface area (Å²) in [4.78, 5) is 42.4. The molecule has 0 spiro atoms. The van der Waals surface area contributed by atoms with E-state index in [1.165, 1.54) is 35.4 Å². The maximum Gasteiger partial charge on any atom is 0.407 e. The molecule has 0 atom stereocenters. The monoisotopic (exact) mass is 490 g/mol.